The quantitative estimate of drug-likeness (QED) is 0.181. The second-order valence-corrected chi connectivity index (χ2v) is 17.0. The Hall–Kier alpha value is -5.83. The molecule has 2 aromatic carbocycles. The zero-order valence-electron chi connectivity index (χ0n) is 33.9. The van der Waals surface area contributed by atoms with Gasteiger partial charge in [0.1, 0.15) is 29.0 Å². The van der Waals surface area contributed by atoms with Crippen molar-refractivity contribution in [2.24, 2.45) is 5.92 Å². The molecule has 0 bridgehead atoms. The van der Waals surface area contributed by atoms with Crippen molar-refractivity contribution >= 4 is 52.1 Å². The molecule has 0 spiro atoms. The Balaban J connectivity index is 0.857. The van der Waals surface area contributed by atoms with Crippen LogP contribution in [0.1, 0.15) is 104 Å². The van der Waals surface area contributed by atoms with Crippen LogP contribution in [0.4, 0.5) is 20.7 Å². The Morgan fingerprint density at radius 1 is 0.983 bits per heavy atom. The van der Waals surface area contributed by atoms with Crippen LogP contribution in [0.2, 0.25) is 0 Å². The summed E-state index contributed by atoms with van der Waals surface area (Å²) >= 11 is 0. The molecule has 2 aromatic heterocycles. The Kier molecular flexibility index (Phi) is 10.9. The maximum Gasteiger partial charge on any atom is 0.419 e. The molecule has 310 valence electrons. The number of imide groups is 1. The molecular formula is C44H50FN7O7. The molecule has 14 nitrogen and oxygen atoms in total. The minimum Gasteiger partial charge on any atom is -0.493 e. The van der Waals surface area contributed by atoms with E-state index in [9.17, 15) is 24.0 Å². The average molecular weight is 808 g/mol. The maximum atomic E-state index is 15.4. The van der Waals surface area contributed by atoms with Crippen LogP contribution < -0.4 is 20.3 Å². The van der Waals surface area contributed by atoms with Gasteiger partial charge in [0.05, 0.1) is 23.7 Å². The van der Waals surface area contributed by atoms with Crippen molar-refractivity contribution in [1.82, 2.24) is 24.7 Å². The third-order valence-corrected chi connectivity index (χ3v) is 11.9. The topological polar surface area (TPSA) is 155 Å². The van der Waals surface area contributed by atoms with E-state index < -0.39 is 35.4 Å². The number of carbonyl (C=O) groups is 5. The van der Waals surface area contributed by atoms with Gasteiger partial charge < -0.3 is 24.6 Å². The summed E-state index contributed by atoms with van der Waals surface area (Å²) in [4.78, 5) is 74.8. The predicted octanol–water partition coefficient (Wildman–Crippen LogP) is 6.42. The number of likely N-dealkylation sites (tertiary alicyclic amines) is 1. The van der Waals surface area contributed by atoms with Gasteiger partial charge in [0.25, 0.3) is 11.8 Å². The lowest BCUT2D eigenvalue weighted by atomic mass is 9.93. The molecule has 2 atom stereocenters. The summed E-state index contributed by atoms with van der Waals surface area (Å²) in [6.45, 7) is 8.64. The van der Waals surface area contributed by atoms with E-state index in [2.05, 4.69) is 25.4 Å². The highest BCUT2D eigenvalue weighted by atomic mass is 19.1. The first-order valence-corrected chi connectivity index (χ1v) is 20.4. The number of pyridine rings is 1. The minimum atomic E-state index is -0.733. The van der Waals surface area contributed by atoms with Crippen molar-refractivity contribution in [2.45, 2.75) is 89.9 Å². The molecule has 8 rings (SSSR count). The van der Waals surface area contributed by atoms with E-state index in [0.717, 1.165) is 74.1 Å². The molecule has 4 aliphatic heterocycles. The van der Waals surface area contributed by atoms with E-state index in [4.69, 9.17) is 9.47 Å². The van der Waals surface area contributed by atoms with E-state index in [-0.39, 0.29) is 35.7 Å². The minimum absolute atomic E-state index is 0.0219. The largest absolute Gasteiger partial charge is 0.493 e. The highest BCUT2D eigenvalue weighted by molar-refractivity contribution is 6.06. The number of halogens is 1. The van der Waals surface area contributed by atoms with Crippen LogP contribution >= 0.6 is 0 Å². The Bertz CT molecular complexity index is 2330. The second-order valence-electron chi connectivity index (χ2n) is 17.0. The third-order valence-electron chi connectivity index (χ3n) is 11.9. The fourth-order valence-electron chi connectivity index (χ4n) is 8.86. The lowest BCUT2D eigenvalue weighted by molar-refractivity contribution is -0.136. The number of piperidine rings is 2. The highest BCUT2D eigenvalue weighted by Gasteiger charge is 2.40. The summed E-state index contributed by atoms with van der Waals surface area (Å²) in [6, 6.07) is 12.8. The van der Waals surface area contributed by atoms with Gasteiger partial charge in [-0.2, -0.15) is 0 Å². The van der Waals surface area contributed by atoms with Crippen molar-refractivity contribution in [2.75, 3.05) is 43.5 Å². The number of nitrogens with zero attached hydrogens (tertiary/aromatic N) is 5. The van der Waals surface area contributed by atoms with Crippen LogP contribution in [0.5, 0.6) is 5.75 Å². The van der Waals surface area contributed by atoms with Gasteiger partial charge in [0, 0.05) is 72.3 Å². The number of hydrogen-bond donors (Lipinski definition) is 2. The smallest absolute Gasteiger partial charge is 0.419 e. The number of rotatable bonds is 9. The number of carbonyl (C=O) groups excluding carboxylic acids is 5. The zero-order chi connectivity index (χ0) is 41.6. The molecule has 4 aromatic rings. The van der Waals surface area contributed by atoms with Crippen LogP contribution in [-0.4, -0.2) is 94.0 Å². The standard InChI is InChI=1S/C44H50FN7O7/c1-44(2,3)59-43(57)52-36-23-38(46-24-27(36)21-37(52)34-9-6-17-49(34)4)47-40(54)30-11-10-28(22-32(30)45)58-20-16-26-14-18-50(19-15-26)33-8-5-7-29-31(33)25-51(42(29)56)35-12-13-39(53)48-41(35)55/h5,7-8,10-11,21-24,26,34-35H,6,9,12-20,25H2,1-4H3,(H,46,47,54)(H,48,53,55)/t34-,35?/m1/s1. The number of aromatic nitrogens is 2. The van der Waals surface area contributed by atoms with Gasteiger partial charge >= 0.3 is 6.09 Å². The van der Waals surface area contributed by atoms with Crippen molar-refractivity contribution in [1.29, 1.82) is 0 Å². The summed E-state index contributed by atoms with van der Waals surface area (Å²) in [5.41, 5.74) is 2.95. The molecule has 2 N–H and O–H groups in total. The summed E-state index contributed by atoms with van der Waals surface area (Å²) in [5, 5.41) is 5.78. The summed E-state index contributed by atoms with van der Waals surface area (Å²) in [7, 11) is 2.03. The van der Waals surface area contributed by atoms with Gasteiger partial charge in [-0.05, 0) is 109 Å². The van der Waals surface area contributed by atoms with Crippen molar-refractivity contribution < 1.29 is 37.8 Å². The third kappa shape index (κ3) is 8.25. The van der Waals surface area contributed by atoms with Gasteiger partial charge in [-0.25, -0.2) is 18.7 Å². The summed E-state index contributed by atoms with van der Waals surface area (Å²) in [6.07, 6.45) is 6.09. The lowest BCUT2D eigenvalue weighted by Crippen LogP contribution is -2.52. The maximum absolute atomic E-state index is 15.4. The molecule has 4 aliphatic rings. The van der Waals surface area contributed by atoms with Crippen LogP contribution in [0.3, 0.4) is 0 Å². The molecule has 6 heterocycles. The molecule has 0 saturated carbocycles. The molecule has 4 amide bonds. The summed E-state index contributed by atoms with van der Waals surface area (Å²) in [5.74, 6) is -1.46. The average Bonchev–Trinajstić information content (AvgIpc) is 3.88. The normalized spacial score (nSPS) is 20.3. The molecule has 3 fully saturated rings. The SMILES string of the molecule is CN1CCC[C@@H]1c1cc2cnc(NC(=O)c3ccc(OCCC4CCN(c5cccc6c5CN(C5CCC(=O)NC5=O)C6=O)CC4)cc3F)cc2n1C(=O)OC(C)(C)C. The van der Waals surface area contributed by atoms with E-state index >= 15 is 4.39 Å². The van der Waals surface area contributed by atoms with E-state index in [1.807, 2.05) is 46.0 Å². The number of anilines is 2. The van der Waals surface area contributed by atoms with E-state index in [0.29, 0.717) is 42.3 Å². The fourth-order valence-corrected chi connectivity index (χ4v) is 8.86. The van der Waals surface area contributed by atoms with Gasteiger partial charge in [-0.1, -0.05) is 6.07 Å². The molecular weight excluding hydrogens is 758 g/mol. The molecule has 1 unspecified atom stereocenters. The van der Waals surface area contributed by atoms with E-state index in [1.165, 1.54) is 12.1 Å². The zero-order valence-corrected chi connectivity index (χ0v) is 33.9. The number of nitrogens with one attached hydrogen (secondary N) is 2. The van der Waals surface area contributed by atoms with Gasteiger partial charge in [0.2, 0.25) is 11.8 Å². The summed E-state index contributed by atoms with van der Waals surface area (Å²) < 4.78 is 28.6. The first-order valence-electron chi connectivity index (χ1n) is 20.4. The first kappa shape index (κ1) is 40.0. The van der Waals surface area contributed by atoms with E-state index in [1.54, 1.807) is 33.9 Å². The van der Waals surface area contributed by atoms with Crippen molar-refractivity contribution in [3.05, 3.63) is 82.9 Å². The molecule has 59 heavy (non-hydrogen) atoms. The fraction of sp³-hybridized carbons (Fsp3) is 0.455. The van der Waals surface area contributed by atoms with Gasteiger partial charge in [-0.3, -0.25) is 29.4 Å². The predicted molar refractivity (Wildman–Crippen MR) is 218 cm³/mol. The molecule has 3 saturated heterocycles. The Morgan fingerprint density at radius 2 is 1.78 bits per heavy atom. The van der Waals surface area contributed by atoms with Crippen molar-refractivity contribution in [3.63, 3.8) is 0 Å². The van der Waals surface area contributed by atoms with Crippen LogP contribution in [0, 0.1) is 11.7 Å². The Morgan fingerprint density at radius 3 is 2.49 bits per heavy atom. The lowest BCUT2D eigenvalue weighted by Gasteiger charge is -2.35. The van der Waals surface area contributed by atoms with Gasteiger partial charge in [-0.15, -0.1) is 0 Å². The monoisotopic (exact) mass is 807 g/mol. The number of amides is 4. The van der Waals surface area contributed by atoms with Crippen LogP contribution in [-0.2, 0) is 20.9 Å². The number of ether oxygens (including phenoxy) is 2. The molecule has 0 radical (unpaired) electrons. The molecule has 0 aliphatic carbocycles. The Labute approximate surface area is 342 Å². The van der Waals surface area contributed by atoms with Crippen molar-refractivity contribution in [3.8, 4) is 5.75 Å². The van der Waals surface area contributed by atoms with Gasteiger partial charge in [0.15, 0.2) is 0 Å². The van der Waals surface area contributed by atoms with Crippen LogP contribution in [0.15, 0.2) is 54.7 Å². The highest BCUT2D eigenvalue weighted by Crippen LogP contribution is 2.37. The number of hydrogen-bond acceptors (Lipinski definition) is 10. The number of benzene rings is 2. The van der Waals surface area contributed by atoms with Crippen LogP contribution in [0.25, 0.3) is 10.9 Å². The molecule has 15 heteroatoms. The number of fused-ring (bicyclic) bond motifs is 2. The second kappa shape index (κ2) is 16.1. The first-order chi connectivity index (χ1) is 28.2.